The first kappa shape index (κ1) is 19.4. The fourth-order valence-corrected chi connectivity index (χ4v) is 3.74. The van der Waals surface area contributed by atoms with Crippen LogP contribution in [-0.2, 0) is 9.53 Å². The highest BCUT2D eigenvalue weighted by atomic mass is 32.1. The Labute approximate surface area is 163 Å². The van der Waals surface area contributed by atoms with Gasteiger partial charge in [0.05, 0.1) is 16.9 Å². The molecule has 28 heavy (non-hydrogen) atoms. The quantitative estimate of drug-likeness (QED) is 0.303. The predicted molar refractivity (Wildman–Crippen MR) is 107 cm³/mol. The topological polar surface area (TPSA) is 115 Å². The second-order valence-corrected chi connectivity index (χ2v) is 7.21. The van der Waals surface area contributed by atoms with Gasteiger partial charge in [-0.25, -0.2) is 9.78 Å². The van der Waals surface area contributed by atoms with E-state index in [0.717, 1.165) is 10.4 Å². The second kappa shape index (κ2) is 7.73. The number of ether oxygens (including phenoxy) is 1. The highest BCUT2D eigenvalue weighted by Crippen LogP contribution is 2.27. The number of aromatic amines is 1. The number of nitro benzene ring substituents is 1. The summed E-state index contributed by atoms with van der Waals surface area (Å²) in [5, 5.41) is 11.5. The van der Waals surface area contributed by atoms with Crippen molar-refractivity contribution >= 4 is 44.9 Å². The Morgan fingerprint density at radius 2 is 2.14 bits per heavy atom. The molecule has 0 bridgehead atoms. The first-order chi connectivity index (χ1) is 13.3. The van der Waals surface area contributed by atoms with Gasteiger partial charge in [0.2, 0.25) is 0 Å². The van der Waals surface area contributed by atoms with E-state index in [1.807, 2.05) is 13.8 Å². The largest absolute Gasteiger partial charge is 0.462 e. The van der Waals surface area contributed by atoms with Crippen molar-refractivity contribution in [2.45, 2.75) is 20.8 Å². The Balaban J connectivity index is 2.20. The minimum absolute atomic E-state index is 0.0186. The zero-order valence-corrected chi connectivity index (χ0v) is 16.3. The van der Waals surface area contributed by atoms with E-state index < -0.39 is 10.9 Å². The standard InChI is InChI=1S/C19H17N3O5S/c1-4-27-19(24)14(9-12-6-5-7-13(8-12)22(25)26)16-20-17(23)15-10(2)11(3)28-18(15)21-16/h5-9H,4H2,1-3H3,(H,20,21,23). The molecular formula is C19H17N3O5S. The number of nitro groups is 1. The monoisotopic (exact) mass is 399 g/mol. The molecule has 0 saturated heterocycles. The summed E-state index contributed by atoms with van der Waals surface area (Å²) in [6.45, 7) is 5.53. The predicted octanol–water partition coefficient (Wildman–Crippen LogP) is 3.61. The number of rotatable bonds is 5. The van der Waals surface area contributed by atoms with Crippen LogP contribution in [0.25, 0.3) is 21.9 Å². The van der Waals surface area contributed by atoms with E-state index in [2.05, 4.69) is 9.97 Å². The molecular weight excluding hydrogens is 382 g/mol. The van der Waals surface area contributed by atoms with Crippen LogP contribution in [0.4, 0.5) is 5.69 Å². The molecule has 3 rings (SSSR count). The SMILES string of the molecule is CCOC(=O)C(=Cc1cccc([N+](=O)[O-])c1)c1nc2sc(C)c(C)c2c(=O)[nH]1. The Kier molecular flexibility index (Phi) is 5.36. The van der Waals surface area contributed by atoms with Crippen LogP contribution < -0.4 is 5.56 Å². The average Bonchev–Trinajstić information content (AvgIpc) is 2.94. The minimum Gasteiger partial charge on any atom is -0.462 e. The van der Waals surface area contributed by atoms with Gasteiger partial charge in [-0.1, -0.05) is 12.1 Å². The molecule has 0 radical (unpaired) electrons. The molecule has 0 aliphatic heterocycles. The number of esters is 1. The molecule has 8 nitrogen and oxygen atoms in total. The lowest BCUT2D eigenvalue weighted by molar-refractivity contribution is -0.384. The number of hydrogen-bond donors (Lipinski definition) is 1. The molecule has 1 N–H and O–H groups in total. The van der Waals surface area contributed by atoms with Crippen LogP contribution in [0.1, 0.15) is 28.8 Å². The number of aryl methyl sites for hydroxylation is 2. The molecule has 0 fully saturated rings. The third-order valence-electron chi connectivity index (χ3n) is 4.18. The lowest BCUT2D eigenvalue weighted by Gasteiger charge is -2.07. The zero-order valence-electron chi connectivity index (χ0n) is 15.4. The lowest BCUT2D eigenvalue weighted by Crippen LogP contribution is -2.15. The van der Waals surface area contributed by atoms with Crippen LogP contribution in [0.2, 0.25) is 0 Å². The molecule has 0 amide bonds. The van der Waals surface area contributed by atoms with Crippen LogP contribution >= 0.6 is 11.3 Å². The van der Waals surface area contributed by atoms with Gasteiger partial charge in [0.15, 0.2) is 0 Å². The van der Waals surface area contributed by atoms with E-state index in [-0.39, 0.29) is 29.3 Å². The van der Waals surface area contributed by atoms with Crippen molar-refractivity contribution in [3.05, 3.63) is 66.6 Å². The van der Waals surface area contributed by atoms with E-state index in [4.69, 9.17) is 4.74 Å². The number of carbonyl (C=O) groups excluding carboxylic acids is 1. The van der Waals surface area contributed by atoms with Crippen LogP contribution in [0.3, 0.4) is 0 Å². The van der Waals surface area contributed by atoms with E-state index in [1.165, 1.54) is 35.6 Å². The molecule has 144 valence electrons. The first-order valence-electron chi connectivity index (χ1n) is 8.45. The molecule has 2 heterocycles. The third-order valence-corrected chi connectivity index (χ3v) is 5.28. The van der Waals surface area contributed by atoms with Gasteiger partial charge in [-0.05, 0) is 38.0 Å². The van der Waals surface area contributed by atoms with Gasteiger partial charge >= 0.3 is 5.97 Å². The highest BCUT2D eigenvalue weighted by molar-refractivity contribution is 7.18. The van der Waals surface area contributed by atoms with Crippen LogP contribution in [0, 0.1) is 24.0 Å². The van der Waals surface area contributed by atoms with Crippen LogP contribution in [0.5, 0.6) is 0 Å². The Hall–Kier alpha value is -3.33. The van der Waals surface area contributed by atoms with Crippen molar-refractivity contribution in [2.75, 3.05) is 6.61 Å². The fraction of sp³-hybridized carbons (Fsp3) is 0.211. The number of benzene rings is 1. The maximum Gasteiger partial charge on any atom is 0.341 e. The summed E-state index contributed by atoms with van der Waals surface area (Å²) >= 11 is 1.36. The number of H-pyrrole nitrogens is 1. The summed E-state index contributed by atoms with van der Waals surface area (Å²) in [5.41, 5.74) is 0.818. The van der Waals surface area contributed by atoms with Crippen molar-refractivity contribution in [3.8, 4) is 0 Å². The van der Waals surface area contributed by atoms with Crippen LogP contribution in [-0.4, -0.2) is 27.5 Å². The van der Waals surface area contributed by atoms with Crippen molar-refractivity contribution in [1.82, 2.24) is 9.97 Å². The van der Waals surface area contributed by atoms with E-state index in [1.54, 1.807) is 13.0 Å². The zero-order chi connectivity index (χ0) is 20.4. The summed E-state index contributed by atoms with van der Waals surface area (Å²) in [7, 11) is 0. The van der Waals surface area contributed by atoms with Crippen LogP contribution in [0.15, 0.2) is 29.1 Å². The Morgan fingerprint density at radius 3 is 2.82 bits per heavy atom. The molecule has 0 saturated carbocycles. The maximum atomic E-state index is 12.6. The second-order valence-electron chi connectivity index (χ2n) is 6.01. The molecule has 9 heteroatoms. The fourth-order valence-electron chi connectivity index (χ4n) is 2.71. The summed E-state index contributed by atoms with van der Waals surface area (Å²) < 4.78 is 5.09. The number of thiophene rings is 1. The first-order valence-corrected chi connectivity index (χ1v) is 9.27. The van der Waals surface area contributed by atoms with Crippen molar-refractivity contribution < 1.29 is 14.5 Å². The molecule has 0 aliphatic carbocycles. The van der Waals surface area contributed by atoms with Gasteiger partial charge in [0, 0.05) is 17.0 Å². The lowest BCUT2D eigenvalue weighted by atomic mass is 10.1. The molecule has 0 atom stereocenters. The Morgan fingerprint density at radius 1 is 1.39 bits per heavy atom. The number of carbonyl (C=O) groups is 1. The van der Waals surface area contributed by atoms with Gasteiger partial charge in [0.1, 0.15) is 16.2 Å². The maximum absolute atomic E-state index is 12.6. The summed E-state index contributed by atoms with van der Waals surface area (Å²) in [6.07, 6.45) is 1.42. The van der Waals surface area contributed by atoms with Crippen molar-refractivity contribution in [3.63, 3.8) is 0 Å². The number of nitrogens with one attached hydrogen (secondary N) is 1. The molecule has 2 aromatic heterocycles. The van der Waals surface area contributed by atoms with Gasteiger partial charge in [0.25, 0.3) is 11.2 Å². The molecule has 0 unspecified atom stereocenters. The Bertz CT molecular complexity index is 1180. The average molecular weight is 399 g/mol. The van der Waals surface area contributed by atoms with Crippen molar-refractivity contribution in [1.29, 1.82) is 0 Å². The summed E-state index contributed by atoms with van der Waals surface area (Å²) in [4.78, 5) is 44.1. The number of aromatic nitrogens is 2. The van der Waals surface area contributed by atoms with E-state index in [0.29, 0.717) is 15.8 Å². The number of hydrogen-bond acceptors (Lipinski definition) is 7. The molecule has 3 aromatic rings. The van der Waals surface area contributed by atoms with Gasteiger partial charge in [-0.15, -0.1) is 11.3 Å². The third kappa shape index (κ3) is 3.70. The van der Waals surface area contributed by atoms with Gasteiger partial charge < -0.3 is 9.72 Å². The van der Waals surface area contributed by atoms with Gasteiger partial charge in [-0.2, -0.15) is 0 Å². The summed E-state index contributed by atoms with van der Waals surface area (Å²) in [6, 6.07) is 5.81. The van der Waals surface area contributed by atoms with E-state index in [9.17, 15) is 19.7 Å². The van der Waals surface area contributed by atoms with Gasteiger partial charge in [-0.3, -0.25) is 14.9 Å². The normalized spacial score (nSPS) is 11.6. The molecule has 1 aromatic carbocycles. The number of non-ortho nitro benzene ring substituents is 1. The number of fused-ring (bicyclic) bond motifs is 1. The van der Waals surface area contributed by atoms with Crippen molar-refractivity contribution in [2.24, 2.45) is 0 Å². The number of nitrogens with zero attached hydrogens (tertiary/aromatic N) is 2. The molecule has 0 spiro atoms. The summed E-state index contributed by atoms with van der Waals surface area (Å²) in [5.74, 6) is -0.620. The van der Waals surface area contributed by atoms with E-state index >= 15 is 0 Å². The smallest absolute Gasteiger partial charge is 0.341 e. The molecule has 0 aliphatic rings. The minimum atomic E-state index is -0.679. The highest BCUT2D eigenvalue weighted by Gasteiger charge is 2.20.